The molecule has 1 aliphatic heterocycles. The van der Waals surface area contributed by atoms with Crippen molar-refractivity contribution in [3.05, 3.63) is 58.2 Å². The van der Waals surface area contributed by atoms with E-state index in [-0.39, 0.29) is 5.91 Å². The number of nitrogens with one attached hydrogen (secondary N) is 2. The maximum absolute atomic E-state index is 12.8. The van der Waals surface area contributed by atoms with Crippen LogP contribution in [0, 0.1) is 0 Å². The Morgan fingerprint density at radius 2 is 1.96 bits per heavy atom. The number of nitrogens with zero attached hydrogens (tertiary/aromatic N) is 1. The number of rotatable bonds is 4. The van der Waals surface area contributed by atoms with Gasteiger partial charge in [0.2, 0.25) is 5.91 Å². The minimum atomic E-state index is -0.0344. The maximum Gasteiger partial charge on any atom is 0.244 e. The molecule has 27 heavy (non-hydrogen) atoms. The van der Waals surface area contributed by atoms with Crippen LogP contribution in [0.5, 0.6) is 5.75 Å². The van der Waals surface area contributed by atoms with Crippen molar-refractivity contribution < 1.29 is 9.53 Å². The van der Waals surface area contributed by atoms with Crippen LogP contribution in [0.2, 0.25) is 0 Å². The van der Waals surface area contributed by atoms with Crippen LogP contribution in [0.3, 0.4) is 0 Å². The first kappa shape index (κ1) is 18.1. The molecule has 2 N–H and O–H groups in total. The summed E-state index contributed by atoms with van der Waals surface area (Å²) >= 11 is 3.68. The fourth-order valence-electron chi connectivity index (χ4n) is 3.79. The number of halogens is 1. The second-order valence-corrected chi connectivity index (χ2v) is 7.53. The zero-order valence-corrected chi connectivity index (χ0v) is 16.8. The highest BCUT2D eigenvalue weighted by Gasteiger charge is 2.21. The number of carbonyl (C=O) groups excluding carboxylic acids is 1. The monoisotopic (exact) mass is 427 g/mol. The third-order valence-corrected chi connectivity index (χ3v) is 5.66. The molecule has 0 unspecified atom stereocenters. The summed E-state index contributed by atoms with van der Waals surface area (Å²) in [7, 11) is 1.63. The van der Waals surface area contributed by atoms with E-state index in [4.69, 9.17) is 4.74 Å². The molecule has 0 spiro atoms. The first-order chi connectivity index (χ1) is 13.2. The minimum Gasteiger partial charge on any atom is -0.497 e. The zero-order valence-electron chi connectivity index (χ0n) is 15.2. The summed E-state index contributed by atoms with van der Waals surface area (Å²) in [6.45, 7) is 2.19. The second-order valence-electron chi connectivity index (χ2n) is 6.67. The molecule has 1 aliphatic rings. The lowest BCUT2D eigenvalue weighted by atomic mass is 10.1. The van der Waals surface area contributed by atoms with Crippen LogP contribution in [-0.2, 0) is 24.2 Å². The van der Waals surface area contributed by atoms with Crippen LogP contribution in [-0.4, -0.2) is 30.7 Å². The van der Waals surface area contributed by atoms with E-state index >= 15 is 0 Å². The number of ether oxygens (including phenoxy) is 1. The van der Waals surface area contributed by atoms with Gasteiger partial charge in [-0.3, -0.25) is 4.79 Å². The molecule has 5 nitrogen and oxygen atoms in total. The van der Waals surface area contributed by atoms with Gasteiger partial charge in [0.15, 0.2) is 0 Å². The van der Waals surface area contributed by atoms with Crippen LogP contribution >= 0.6 is 15.9 Å². The molecule has 6 heteroatoms. The molecular formula is C21H22BrN3O2. The molecule has 0 bridgehead atoms. The van der Waals surface area contributed by atoms with E-state index in [1.54, 1.807) is 7.11 Å². The van der Waals surface area contributed by atoms with E-state index in [0.29, 0.717) is 6.54 Å². The molecule has 4 rings (SSSR count). The summed E-state index contributed by atoms with van der Waals surface area (Å²) in [4.78, 5) is 12.8. The lowest BCUT2D eigenvalue weighted by Gasteiger charge is -2.12. The van der Waals surface area contributed by atoms with Gasteiger partial charge < -0.3 is 19.9 Å². The Kier molecular flexibility index (Phi) is 5.18. The number of hydrogen-bond donors (Lipinski definition) is 2. The molecule has 1 aromatic heterocycles. The van der Waals surface area contributed by atoms with Crippen molar-refractivity contribution in [3.63, 3.8) is 0 Å². The fraction of sp³-hybridized carbons (Fsp3) is 0.286. The molecule has 2 heterocycles. The minimum absolute atomic E-state index is 0.0344. The van der Waals surface area contributed by atoms with E-state index < -0.39 is 0 Å². The second kappa shape index (κ2) is 7.74. The number of amides is 1. The average Bonchev–Trinajstić information content (AvgIpc) is 2.83. The van der Waals surface area contributed by atoms with Gasteiger partial charge in [-0.1, -0.05) is 12.1 Å². The van der Waals surface area contributed by atoms with Crippen molar-refractivity contribution in [2.75, 3.05) is 25.5 Å². The number of methoxy groups -OCH3 is 1. The molecule has 0 atom stereocenters. The molecule has 0 fully saturated rings. The standard InChI is InChI=1S/C21H22BrN3O2/c1-27-15-7-5-14(6-8-15)24-20(26)13-25-19-10-12-23-11-9-16(19)17-3-2-4-18(22)21(17)25/h2-8,23H,9-13H2,1H3,(H,24,26). The largest absolute Gasteiger partial charge is 0.497 e. The Morgan fingerprint density at radius 1 is 1.19 bits per heavy atom. The van der Waals surface area contributed by atoms with Gasteiger partial charge >= 0.3 is 0 Å². The highest BCUT2D eigenvalue weighted by atomic mass is 79.9. The van der Waals surface area contributed by atoms with Crippen LogP contribution in [0.15, 0.2) is 46.9 Å². The molecule has 0 saturated heterocycles. The predicted octanol–water partition coefficient (Wildman–Crippen LogP) is 3.74. The fourth-order valence-corrected chi connectivity index (χ4v) is 4.37. The highest BCUT2D eigenvalue weighted by Crippen LogP contribution is 2.33. The lowest BCUT2D eigenvalue weighted by molar-refractivity contribution is -0.116. The summed E-state index contributed by atoms with van der Waals surface area (Å²) in [6.07, 6.45) is 1.90. The Morgan fingerprint density at radius 3 is 2.74 bits per heavy atom. The van der Waals surface area contributed by atoms with E-state index in [9.17, 15) is 4.79 Å². The van der Waals surface area contributed by atoms with Crippen molar-refractivity contribution in [1.29, 1.82) is 0 Å². The van der Waals surface area contributed by atoms with Gasteiger partial charge in [0.25, 0.3) is 0 Å². The maximum atomic E-state index is 12.8. The van der Waals surface area contributed by atoms with Crippen molar-refractivity contribution >= 4 is 38.4 Å². The van der Waals surface area contributed by atoms with Crippen molar-refractivity contribution in [1.82, 2.24) is 9.88 Å². The zero-order chi connectivity index (χ0) is 18.8. The number of benzene rings is 2. The number of fused-ring (bicyclic) bond motifs is 3. The summed E-state index contributed by atoms with van der Waals surface area (Å²) in [5.74, 6) is 0.735. The van der Waals surface area contributed by atoms with Gasteiger partial charge in [-0.15, -0.1) is 0 Å². The lowest BCUT2D eigenvalue weighted by Crippen LogP contribution is -2.21. The molecule has 0 saturated carbocycles. The van der Waals surface area contributed by atoms with Gasteiger partial charge in [0.05, 0.1) is 12.6 Å². The van der Waals surface area contributed by atoms with Crippen LogP contribution < -0.4 is 15.4 Å². The van der Waals surface area contributed by atoms with E-state index in [1.807, 2.05) is 30.3 Å². The predicted molar refractivity (Wildman–Crippen MR) is 112 cm³/mol. The molecule has 0 radical (unpaired) electrons. The Labute approximate surface area is 166 Å². The quantitative estimate of drug-likeness (QED) is 0.666. The summed E-state index contributed by atoms with van der Waals surface area (Å²) < 4.78 is 8.36. The van der Waals surface area contributed by atoms with E-state index in [2.05, 4.69) is 43.3 Å². The van der Waals surface area contributed by atoms with Crippen LogP contribution in [0.4, 0.5) is 5.69 Å². The van der Waals surface area contributed by atoms with Crippen molar-refractivity contribution in [3.8, 4) is 5.75 Å². The summed E-state index contributed by atoms with van der Waals surface area (Å²) in [5.41, 5.74) is 4.48. The van der Waals surface area contributed by atoms with Gasteiger partial charge in [-0.25, -0.2) is 0 Å². The topological polar surface area (TPSA) is 55.3 Å². The molecule has 1 amide bonds. The molecule has 140 valence electrons. The summed E-state index contributed by atoms with van der Waals surface area (Å²) in [6, 6.07) is 13.6. The molecule has 3 aromatic rings. The first-order valence-electron chi connectivity index (χ1n) is 9.10. The third-order valence-electron chi connectivity index (χ3n) is 5.02. The van der Waals surface area contributed by atoms with Gasteiger partial charge in [-0.2, -0.15) is 0 Å². The summed E-state index contributed by atoms with van der Waals surface area (Å²) in [5, 5.41) is 7.68. The van der Waals surface area contributed by atoms with Crippen LogP contribution in [0.1, 0.15) is 11.3 Å². The normalized spacial score (nSPS) is 13.9. The average molecular weight is 428 g/mol. The smallest absolute Gasteiger partial charge is 0.244 e. The number of anilines is 1. The first-order valence-corrected chi connectivity index (χ1v) is 9.90. The third kappa shape index (κ3) is 3.59. The molecule has 0 aliphatic carbocycles. The highest BCUT2D eigenvalue weighted by molar-refractivity contribution is 9.10. The Bertz CT molecular complexity index is 979. The Balaban J connectivity index is 1.66. The van der Waals surface area contributed by atoms with Gasteiger partial charge in [0.1, 0.15) is 12.3 Å². The van der Waals surface area contributed by atoms with E-state index in [0.717, 1.165) is 47.4 Å². The SMILES string of the molecule is COc1ccc(NC(=O)Cn2c3c(c4cccc(Br)c42)CCNCC3)cc1. The molecule has 2 aromatic carbocycles. The number of aromatic nitrogens is 1. The Hall–Kier alpha value is -2.31. The van der Waals surface area contributed by atoms with Crippen molar-refractivity contribution in [2.24, 2.45) is 0 Å². The van der Waals surface area contributed by atoms with E-state index in [1.165, 1.54) is 16.6 Å². The van der Waals surface area contributed by atoms with Gasteiger partial charge in [-0.05, 0) is 64.8 Å². The number of hydrogen-bond acceptors (Lipinski definition) is 3. The van der Waals surface area contributed by atoms with Gasteiger partial charge in [0, 0.05) is 34.2 Å². The number of para-hydroxylation sites is 1. The van der Waals surface area contributed by atoms with Crippen LogP contribution in [0.25, 0.3) is 10.9 Å². The molecular weight excluding hydrogens is 406 g/mol. The van der Waals surface area contributed by atoms with Crippen molar-refractivity contribution in [2.45, 2.75) is 19.4 Å². The number of carbonyl (C=O) groups is 1.